The fourth-order valence-corrected chi connectivity index (χ4v) is 2.29. The Balaban J connectivity index is 2.28. The highest BCUT2D eigenvalue weighted by atomic mass is 79.9. The van der Waals surface area contributed by atoms with Gasteiger partial charge in [-0.25, -0.2) is 0 Å². The highest BCUT2D eigenvalue weighted by molar-refractivity contribution is 9.10. The van der Waals surface area contributed by atoms with E-state index < -0.39 is 6.10 Å². The number of hydrogen-bond acceptors (Lipinski definition) is 3. The predicted molar refractivity (Wildman–Crippen MR) is 75.6 cm³/mol. The zero-order valence-electron chi connectivity index (χ0n) is 10.4. The van der Waals surface area contributed by atoms with E-state index in [0.29, 0.717) is 0 Å². The molecule has 0 spiro atoms. The average Bonchev–Trinajstić information content (AvgIpc) is 2.81. The molecule has 96 valence electrons. The summed E-state index contributed by atoms with van der Waals surface area (Å²) in [6, 6.07) is 7.84. The number of aliphatic hydroxyl groups excluding tert-OH is 1. The molecule has 1 heterocycles. The fourth-order valence-electron chi connectivity index (χ4n) is 1.94. The predicted octanol–water partition coefficient (Wildman–Crippen LogP) is 3.73. The number of aliphatic hydroxyl groups is 1. The van der Waals surface area contributed by atoms with Gasteiger partial charge in [-0.2, -0.15) is 0 Å². The molecule has 0 aliphatic heterocycles. The maximum Gasteiger partial charge on any atom is 0.0952 e. The summed E-state index contributed by atoms with van der Waals surface area (Å²) in [5, 5.41) is 9.81. The number of benzene rings is 1. The van der Waals surface area contributed by atoms with Crippen LogP contribution in [0.2, 0.25) is 0 Å². The molecule has 3 nitrogen and oxygen atoms in total. The Hall–Kier alpha value is -1.26. The summed E-state index contributed by atoms with van der Waals surface area (Å²) in [6.45, 7) is 2.52. The molecule has 1 aromatic carbocycles. The third-order valence-electron chi connectivity index (χ3n) is 2.85. The van der Waals surface area contributed by atoms with E-state index in [2.05, 4.69) is 20.8 Å². The molecule has 0 saturated heterocycles. The molecule has 2 aromatic rings. The van der Waals surface area contributed by atoms with Gasteiger partial charge in [-0.3, -0.25) is 0 Å². The first-order valence-electron chi connectivity index (χ1n) is 5.77. The van der Waals surface area contributed by atoms with Gasteiger partial charge >= 0.3 is 0 Å². The van der Waals surface area contributed by atoms with Crippen molar-refractivity contribution in [3.63, 3.8) is 0 Å². The van der Waals surface area contributed by atoms with E-state index >= 15 is 0 Å². The third kappa shape index (κ3) is 2.94. The van der Waals surface area contributed by atoms with Crippen molar-refractivity contribution >= 4 is 21.6 Å². The second-order valence-corrected chi connectivity index (χ2v) is 5.28. The van der Waals surface area contributed by atoms with Crippen LogP contribution in [0.4, 0.5) is 5.69 Å². The van der Waals surface area contributed by atoms with Crippen LogP contribution in [0.15, 0.2) is 45.7 Å². The lowest BCUT2D eigenvalue weighted by molar-refractivity contribution is 0.199. The molecule has 0 aliphatic carbocycles. The molecule has 1 unspecified atom stereocenters. The van der Waals surface area contributed by atoms with Crippen LogP contribution < -0.4 is 4.90 Å². The van der Waals surface area contributed by atoms with Crippen LogP contribution in [0.3, 0.4) is 0 Å². The van der Waals surface area contributed by atoms with Gasteiger partial charge in [0.15, 0.2) is 0 Å². The first-order valence-corrected chi connectivity index (χ1v) is 6.57. The normalized spacial score (nSPS) is 12.4. The Bertz CT molecular complexity index is 509. The average molecular weight is 310 g/mol. The highest BCUT2D eigenvalue weighted by Crippen LogP contribution is 2.29. The summed E-state index contributed by atoms with van der Waals surface area (Å²) in [7, 11) is 2.00. The van der Waals surface area contributed by atoms with Gasteiger partial charge in [0.05, 0.1) is 18.6 Å². The van der Waals surface area contributed by atoms with Crippen molar-refractivity contribution < 1.29 is 9.52 Å². The summed E-state index contributed by atoms with van der Waals surface area (Å²) in [5.41, 5.74) is 3.04. The molecule has 0 aliphatic rings. The Morgan fingerprint density at radius 2 is 2.17 bits per heavy atom. The van der Waals surface area contributed by atoms with Crippen molar-refractivity contribution in [2.45, 2.75) is 19.6 Å². The Morgan fingerprint density at radius 1 is 1.39 bits per heavy atom. The van der Waals surface area contributed by atoms with Gasteiger partial charge in [0, 0.05) is 34.9 Å². The molecule has 18 heavy (non-hydrogen) atoms. The molecule has 0 fully saturated rings. The van der Waals surface area contributed by atoms with Gasteiger partial charge in [0.2, 0.25) is 0 Å². The minimum absolute atomic E-state index is 0.486. The van der Waals surface area contributed by atoms with E-state index in [4.69, 9.17) is 4.42 Å². The largest absolute Gasteiger partial charge is 0.472 e. The monoisotopic (exact) mass is 309 g/mol. The molecule has 4 heteroatoms. The Labute approximate surface area is 115 Å². The number of halogens is 1. The molecule has 1 aromatic heterocycles. The summed E-state index contributed by atoms with van der Waals surface area (Å²) in [6.07, 6.45) is 2.91. The summed E-state index contributed by atoms with van der Waals surface area (Å²) >= 11 is 3.46. The maximum absolute atomic E-state index is 9.81. The van der Waals surface area contributed by atoms with Crippen LogP contribution in [0.5, 0.6) is 0 Å². The van der Waals surface area contributed by atoms with Crippen molar-refractivity contribution in [1.82, 2.24) is 0 Å². The molecule has 0 bridgehead atoms. The lowest BCUT2D eigenvalue weighted by Crippen LogP contribution is -2.18. The number of anilines is 1. The first-order chi connectivity index (χ1) is 8.58. The number of rotatable bonds is 4. The van der Waals surface area contributed by atoms with Crippen LogP contribution in [0.25, 0.3) is 0 Å². The van der Waals surface area contributed by atoms with E-state index in [0.717, 1.165) is 27.8 Å². The fraction of sp³-hybridized carbons (Fsp3) is 0.286. The van der Waals surface area contributed by atoms with Crippen molar-refractivity contribution in [3.05, 3.63) is 52.4 Å². The van der Waals surface area contributed by atoms with E-state index in [1.807, 2.05) is 31.3 Å². The van der Waals surface area contributed by atoms with Crippen LogP contribution in [0, 0.1) is 0 Å². The molecular weight excluding hydrogens is 294 g/mol. The van der Waals surface area contributed by atoms with Crippen LogP contribution in [-0.4, -0.2) is 12.2 Å². The molecule has 1 N–H and O–H groups in total. The second kappa shape index (κ2) is 5.59. The van der Waals surface area contributed by atoms with Gasteiger partial charge < -0.3 is 14.4 Å². The smallest absolute Gasteiger partial charge is 0.0952 e. The molecule has 1 atom stereocenters. The highest BCUT2D eigenvalue weighted by Gasteiger charge is 2.12. The number of nitrogens with zero attached hydrogens (tertiary/aromatic N) is 1. The van der Waals surface area contributed by atoms with Gasteiger partial charge in [0.1, 0.15) is 0 Å². The SMILES string of the molecule is CC(O)c1ccc(Br)cc1N(C)Cc1ccoc1. The van der Waals surface area contributed by atoms with Crippen molar-refractivity contribution in [2.24, 2.45) is 0 Å². The maximum atomic E-state index is 9.81. The molecular formula is C14H16BrNO2. The van der Waals surface area contributed by atoms with E-state index in [1.165, 1.54) is 0 Å². The topological polar surface area (TPSA) is 36.6 Å². The Morgan fingerprint density at radius 3 is 2.78 bits per heavy atom. The first kappa shape index (κ1) is 13.2. The minimum Gasteiger partial charge on any atom is -0.472 e. The van der Waals surface area contributed by atoms with E-state index in [-0.39, 0.29) is 0 Å². The zero-order valence-corrected chi connectivity index (χ0v) is 12.0. The summed E-state index contributed by atoms with van der Waals surface area (Å²) < 4.78 is 6.07. The van der Waals surface area contributed by atoms with Crippen molar-refractivity contribution in [3.8, 4) is 0 Å². The number of furan rings is 1. The molecule has 0 radical (unpaired) electrons. The van der Waals surface area contributed by atoms with Gasteiger partial charge in [-0.1, -0.05) is 22.0 Å². The van der Waals surface area contributed by atoms with Crippen LogP contribution >= 0.6 is 15.9 Å². The number of hydrogen-bond donors (Lipinski definition) is 1. The van der Waals surface area contributed by atoms with Gasteiger partial charge in [0.25, 0.3) is 0 Å². The summed E-state index contributed by atoms with van der Waals surface area (Å²) in [4.78, 5) is 2.09. The minimum atomic E-state index is -0.486. The van der Waals surface area contributed by atoms with Crippen LogP contribution in [-0.2, 0) is 6.54 Å². The molecule has 0 amide bonds. The lowest BCUT2D eigenvalue weighted by atomic mass is 10.1. The second-order valence-electron chi connectivity index (χ2n) is 4.37. The third-order valence-corrected chi connectivity index (χ3v) is 3.35. The molecule has 0 saturated carbocycles. The molecule has 2 rings (SSSR count). The summed E-state index contributed by atoms with van der Waals surface area (Å²) in [5.74, 6) is 0. The van der Waals surface area contributed by atoms with Gasteiger partial charge in [-0.15, -0.1) is 0 Å². The lowest BCUT2D eigenvalue weighted by Gasteiger charge is -2.23. The Kier molecular flexibility index (Phi) is 4.09. The van der Waals surface area contributed by atoms with E-state index in [9.17, 15) is 5.11 Å². The quantitative estimate of drug-likeness (QED) is 0.935. The van der Waals surface area contributed by atoms with Crippen molar-refractivity contribution in [1.29, 1.82) is 0 Å². The van der Waals surface area contributed by atoms with Crippen LogP contribution in [0.1, 0.15) is 24.2 Å². The zero-order chi connectivity index (χ0) is 13.1. The standard InChI is InChI=1S/C14H16BrNO2/c1-10(17)13-4-3-12(15)7-14(13)16(2)8-11-5-6-18-9-11/h3-7,9-10,17H,8H2,1-2H3. The van der Waals surface area contributed by atoms with Crippen molar-refractivity contribution in [2.75, 3.05) is 11.9 Å². The van der Waals surface area contributed by atoms with Gasteiger partial charge in [-0.05, 0) is 25.1 Å². The van der Waals surface area contributed by atoms with E-state index in [1.54, 1.807) is 19.5 Å².